The Morgan fingerprint density at radius 1 is 1.22 bits per heavy atom. The minimum Gasteiger partial charge on any atom is -0.357 e. The number of aliphatic imine (C=N–C) groups is 1. The Morgan fingerprint density at radius 2 is 2.00 bits per heavy atom. The lowest BCUT2D eigenvalue weighted by atomic mass is 10.00. The highest BCUT2D eigenvalue weighted by molar-refractivity contribution is 5.80. The smallest absolute Gasteiger partial charge is 0.222 e. The van der Waals surface area contributed by atoms with Crippen LogP contribution in [0.25, 0.3) is 0 Å². The summed E-state index contributed by atoms with van der Waals surface area (Å²) in [6, 6.07) is 0. The van der Waals surface area contributed by atoms with Gasteiger partial charge >= 0.3 is 0 Å². The van der Waals surface area contributed by atoms with Gasteiger partial charge in [0, 0.05) is 45.7 Å². The second-order valence-corrected chi connectivity index (χ2v) is 6.95. The Bertz CT molecular complexity index is 388. The first kappa shape index (κ1) is 18.1. The molecule has 1 amide bonds. The summed E-state index contributed by atoms with van der Waals surface area (Å²) >= 11 is 0. The molecule has 2 aliphatic rings. The summed E-state index contributed by atoms with van der Waals surface area (Å²) < 4.78 is 0. The van der Waals surface area contributed by atoms with E-state index in [-0.39, 0.29) is 0 Å². The highest BCUT2D eigenvalue weighted by Gasteiger charge is 2.19. The summed E-state index contributed by atoms with van der Waals surface area (Å²) in [6.45, 7) is 10.2. The van der Waals surface area contributed by atoms with E-state index in [9.17, 15) is 4.79 Å². The molecular formula is C18H34N4O. The van der Waals surface area contributed by atoms with E-state index in [1.807, 2.05) is 4.90 Å². The number of piperidine rings is 1. The van der Waals surface area contributed by atoms with Crippen molar-refractivity contribution in [3.05, 3.63) is 0 Å². The van der Waals surface area contributed by atoms with E-state index in [0.717, 1.165) is 76.8 Å². The van der Waals surface area contributed by atoms with E-state index in [1.165, 1.54) is 19.3 Å². The molecule has 132 valence electrons. The number of hydrogen-bond acceptors (Lipinski definition) is 2. The molecule has 0 radical (unpaired) electrons. The van der Waals surface area contributed by atoms with Crippen LogP contribution >= 0.6 is 0 Å². The molecule has 2 fully saturated rings. The molecule has 0 bridgehead atoms. The van der Waals surface area contributed by atoms with Crippen LogP contribution in [0.4, 0.5) is 0 Å². The van der Waals surface area contributed by atoms with Crippen molar-refractivity contribution in [1.29, 1.82) is 0 Å². The molecule has 0 aromatic carbocycles. The first-order valence-electron chi connectivity index (χ1n) is 9.51. The average Bonchev–Trinajstić information content (AvgIpc) is 2.76. The van der Waals surface area contributed by atoms with Gasteiger partial charge in [-0.2, -0.15) is 0 Å². The molecule has 0 aliphatic carbocycles. The molecule has 23 heavy (non-hydrogen) atoms. The third-order valence-electron chi connectivity index (χ3n) is 4.94. The Kier molecular flexibility index (Phi) is 7.69. The standard InChI is InChI=1S/C18H34N4O/c1-3-19-18(22-14-9-16(2)10-15-22)20-11-7-13-21-12-6-4-5-8-17(21)23/h16H,3-15H2,1-2H3,(H,19,20). The van der Waals surface area contributed by atoms with Gasteiger partial charge in [-0.25, -0.2) is 0 Å². The zero-order chi connectivity index (χ0) is 16.5. The van der Waals surface area contributed by atoms with Crippen molar-refractivity contribution in [3.8, 4) is 0 Å². The van der Waals surface area contributed by atoms with Gasteiger partial charge in [0.25, 0.3) is 0 Å². The van der Waals surface area contributed by atoms with Crippen LogP contribution in [-0.2, 0) is 4.79 Å². The average molecular weight is 322 g/mol. The van der Waals surface area contributed by atoms with Crippen LogP contribution in [-0.4, -0.2) is 60.9 Å². The molecule has 0 atom stereocenters. The number of carbonyl (C=O) groups is 1. The monoisotopic (exact) mass is 322 g/mol. The minimum absolute atomic E-state index is 0.336. The number of rotatable bonds is 5. The van der Waals surface area contributed by atoms with Crippen molar-refractivity contribution in [3.63, 3.8) is 0 Å². The number of hydrogen-bond donors (Lipinski definition) is 1. The van der Waals surface area contributed by atoms with Crippen molar-refractivity contribution in [2.75, 3.05) is 39.3 Å². The molecule has 2 heterocycles. The van der Waals surface area contributed by atoms with Gasteiger partial charge in [0.15, 0.2) is 5.96 Å². The van der Waals surface area contributed by atoms with Crippen molar-refractivity contribution >= 4 is 11.9 Å². The van der Waals surface area contributed by atoms with Gasteiger partial charge in [0.1, 0.15) is 0 Å². The number of nitrogens with one attached hydrogen (secondary N) is 1. The molecule has 1 N–H and O–H groups in total. The van der Waals surface area contributed by atoms with E-state index < -0.39 is 0 Å². The van der Waals surface area contributed by atoms with E-state index in [2.05, 4.69) is 24.1 Å². The Hall–Kier alpha value is -1.26. The van der Waals surface area contributed by atoms with Gasteiger partial charge in [-0.15, -0.1) is 0 Å². The Balaban J connectivity index is 1.77. The van der Waals surface area contributed by atoms with Crippen LogP contribution in [0.1, 0.15) is 58.8 Å². The predicted octanol–water partition coefficient (Wildman–Crippen LogP) is 2.48. The van der Waals surface area contributed by atoms with Gasteiger partial charge in [-0.05, 0) is 44.9 Å². The summed E-state index contributed by atoms with van der Waals surface area (Å²) in [6.07, 6.45) is 7.62. The highest BCUT2D eigenvalue weighted by Crippen LogP contribution is 2.16. The van der Waals surface area contributed by atoms with Crippen LogP contribution in [0.2, 0.25) is 0 Å². The molecule has 5 nitrogen and oxygen atoms in total. The molecule has 5 heteroatoms. The molecule has 0 aromatic heterocycles. The normalized spacial score (nSPS) is 21.5. The van der Waals surface area contributed by atoms with Gasteiger partial charge < -0.3 is 15.1 Å². The van der Waals surface area contributed by atoms with Crippen LogP contribution in [0.3, 0.4) is 0 Å². The van der Waals surface area contributed by atoms with Gasteiger partial charge in [0.05, 0.1) is 0 Å². The van der Waals surface area contributed by atoms with Crippen molar-refractivity contribution in [1.82, 2.24) is 15.1 Å². The topological polar surface area (TPSA) is 47.9 Å². The summed E-state index contributed by atoms with van der Waals surface area (Å²) in [4.78, 5) is 21.2. The number of carbonyl (C=O) groups excluding carboxylic acids is 1. The minimum atomic E-state index is 0.336. The second kappa shape index (κ2) is 9.78. The Morgan fingerprint density at radius 3 is 2.74 bits per heavy atom. The third-order valence-corrected chi connectivity index (χ3v) is 4.94. The van der Waals surface area contributed by atoms with Crippen LogP contribution in [0.15, 0.2) is 4.99 Å². The lowest BCUT2D eigenvalue weighted by Crippen LogP contribution is -2.45. The van der Waals surface area contributed by atoms with Crippen molar-refractivity contribution in [2.24, 2.45) is 10.9 Å². The fourth-order valence-electron chi connectivity index (χ4n) is 3.37. The first-order chi connectivity index (χ1) is 11.2. The fraction of sp³-hybridized carbons (Fsp3) is 0.889. The van der Waals surface area contributed by atoms with Gasteiger partial charge in [-0.1, -0.05) is 13.3 Å². The van der Waals surface area contributed by atoms with Crippen LogP contribution in [0.5, 0.6) is 0 Å². The maximum atomic E-state index is 12.0. The lowest BCUT2D eigenvalue weighted by Gasteiger charge is -2.33. The van der Waals surface area contributed by atoms with Gasteiger partial charge in [-0.3, -0.25) is 9.79 Å². The zero-order valence-electron chi connectivity index (χ0n) is 15.0. The first-order valence-corrected chi connectivity index (χ1v) is 9.51. The van der Waals surface area contributed by atoms with Crippen molar-refractivity contribution in [2.45, 2.75) is 58.8 Å². The predicted molar refractivity (Wildman–Crippen MR) is 95.6 cm³/mol. The third kappa shape index (κ3) is 6.04. The largest absolute Gasteiger partial charge is 0.357 e. The van der Waals surface area contributed by atoms with E-state index in [4.69, 9.17) is 4.99 Å². The van der Waals surface area contributed by atoms with Gasteiger partial charge in [0.2, 0.25) is 5.91 Å². The van der Waals surface area contributed by atoms with Crippen LogP contribution < -0.4 is 5.32 Å². The lowest BCUT2D eigenvalue weighted by molar-refractivity contribution is -0.130. The summed E-state index contributed by atoms with van der Waals surface area (Å²) in [5, 5.41) is 3.42. The number of likely N-dealkylation sites (tertiary alicyclic amines) is 2. The maximum Gasteiger partial charge on any atom is 0.222 e. The molecule has 2 rings (SSSR count). The van der Waals surface area contributed by atoms with Crippen LogP contribution in [0, 0.1) is 5.92 Å². The van der Waals surface area contributed by atoms with E-state index >= 15 is 0 Å². The SMILES string of the molecule is CCNC(=NCCCN1CCCCCC1=O)N1CCC(C)CC1. The molecule has 0 spiro atoms. The molecule has 0 aromatic rings. The highest BCUT2D eigenvalue weighted by atomic mass is 16.2. The molecule has 0 unspecified atom stereocenters. The molecule has 2 saturated heterocycles. The number of guanidine groups is 1. The van der Waals surface area contributed by atoms with Crippen molar-refractivity contribution < 1.29 is 4.79 Å². The maximum absolute atomic E-state index is 12.0. The summed E-state index contributed by atoms with van der Waals surface area (Å²) in [7, 11) is 0. The number of nitrogens with zero attached hydrogens (tertiary/aromatic N) is 3. The fourth-order valence-corrected chi connectivity index (χ4v) is 3.37. The molecular weight excluding hydrogens is 288 g/mol. The Labute approximate surface area is 141 Å². The second-order valence-electron chi connectivity index (χ2n) is 6.95. The molecule has 2 aliphatic heterocycles. The molecule has 0 saturated carbocycles. The van der Waals surface area contributed by atoms with E-state index in [1.54, 1.807) is 0 Å². The summed E-state index contributed by atoms with van der Waals surface area (Å²) in [5.74, 6) is 2.23. The zero-order valence-corrected chi connectivity index (χ0v) is 15.0. The number of amides is 1. The quantitative estimate of drug-likeness (QED) is 0.480. The summed E-state index contributed by atoms with van der Waals surface area (Å²) in [5.41, 5.74) is 0. The van der Waals surface area contributed by atoms with E-state index in [0.29, 0.717) is 5.91 Å².